The summed E-state index contributed by atoms with van der Waals surface area (Å²) in [4.78, 5) is 7.11. The summed E-state index contributed by atoms with van der Waals surface area (Å²) < 4.78 is 4.96. The molecule has 0 aromatic heterocycles. The van der Waals surface area contributed by atoms with Crippen LogP contribution in [0.2, 0.25) is 0 Å². The van der Waals surface area contributed by atoms with Gasteiger partial charge in [0.2, 0.25) is 5.75 Å². The van der Waals surface area contributed by atoms with Crippen molar-refractivity contribution in [3.8, 4) is 5.75 Å². The van der Waals surface area contributed by atoms with Crippen LogP contribution in [0.15, 0.2) is 18.2 Å². The van der Waals surface area contributed by atoms with E-state index in [-0.39, 0.29) is 11.4 Å². The zero-order valence-electron chi connectivity index (χ0n) is 7.52. The van der Waals surface area contributed by atoms with E-state index in [9.17, 15) is 10.1 Å². The standard InChI is InChI=1S/C7H6Cl2NO3PS/c1-5-2-3-7(13-14(8,9)15)6(4-5)10(11)12/h2-4H,1H3. The minimum Gasteiger partial charge on any atom is -0.434 e. The molecule has 8 heteroatoms. The lowest BCUT2D eigenvalue weighted by Gasteiger charge is -2.09. The van der Waals surface area contributed by atoms with Gasteiger partial charge in [0.05, 0.1) is 4.92 Å². The van der Waals surface area contributed by atoms with Gasteiger partial charge in [-0.1, -0.05) is 6.07 Å². The van der Waals surface area contributed by atoms with E-state index in [4.69, 9.17) is 27.0 Å². The molecule has 0 aliphatic heterocycles. The van der Waals surface area contributed by atoms with Gasteiger partial charge < -0.3 is 4.52 Å². The number of nitro groups is 1. The molecule has 4 nitrogen and oxygen atoms in total. The lowest BCUT2D eigenvalue weighted by molar-refractivity contribution is -0.385. The molecule has 1 aromatic rings. The number of benzene rings is 1. The van der Waals surface area contributed by atoms with Crippen LogP contribution in [0.5, 0.6) is 5.75 Å². The Balaban J connectivity index is 3.18. The molecule has 0 amide bonds. The molecule has 1 rings (SSSR count). The summed E-state index contributed by atoms with van der Waals surface area (Å²) in [6.07, 6.45) is 0. The predicted molar refractivity (Wildman–Crippen MR) is 64.5 cm³/mol. The van der Waals surface area contributed by atoms with Crippen LogP contribution < -0.4 is 4.52 Å². The lowest BCUT2D eigenvalue weighted by atomic mass is 10.2. The van der Waals surface area contributed by atoms with Crippen LogP contribution in [0, 0.1) is 17.0 Å². The second-order valence-electron chi connectivity index (χ2n) is 2.73. The maximum Gasteiger partial charge on any atom is 0.311 e. The maximum absolute atomic E-state index is 10.7. The van der Waals surface area contributed by atoms with E-state index in [1.807, 2.05) is 0 Å². The zero-order chi connectivity index (χ0) is 11.6. The van der Waals surface area contributed by atoms with Gasteiger partial charge in [-0.25, -0.2) is 0 Å². The second kappa shape index (κ2) is 4.66. The van der Waals surface area contributed by atoms with E-state index in [0.717, 1.165) is 5.56 Å². The minimum absolute atomic E-state index is 0.000988. The Kier molecular flexibility index (Phi) is 3.95. The van der Waals surface area contributed by atoms with Crippen LogP contribution in [-0.4, -0.2) is 4.92 Å². The third kappa shape index (κ3) is 3.95. The summed E-state index contributed by atoms with van der Waals surface area (Å²) in [5.74, 6) is -0.000988. The molecule has 1 aromatic carbocycles. The van der Waals surface area contributed by atoms with Crippen LogP contribution in [0.4, 0.5) is 5.69 Å². The number of aryl methyl sites for hydroxylation is 1. The van der Waals surface area contributed by atoms with Gasteiger partial charge in [0, 0.05) is 6.07 Å². The van der Waals surface area contributed by atoms with Gasteiger partial charge >= 0.3 is 5.69 Å². The second-order valence-corrected chi connectivity index (χ2v) is 9.87. The average molecular weight is 286 g/mol. The number of halogens is 2. The van der Waals surface area contributed by atoms with Crippen molar-refractivity contribution in [1.82, 2.24) is 0 Å². The summed E-state index contributed by atoms with van der Waals surface area (Å²) in [5, 5.41) is 10.7. The first-order valence-electron chi connectivity index (χ1n) is 3.73. The van der Waals surface area contributed by atoms with Gasteiger partial charge in [0.15, 0.2) is 0 Å². The first-order chi connectivity index (χ1) is 6.79. The Labute approximate surface area is 101 Å². The van der Waals surface area contributed by atoms with Crippen LogP contribution in [0.3, 0.4) is 0 Å². The van der Waals surface area contributed by atoms with Crippen molar-refractivity contribution in [3.05, 3.63) is 33.9 Å². The summed E-state index contributed by atoms with van der Waals surface area (Å²) in [7, 11) is 0. The van der Waals surface area contributed by atoms with Gasteiger partial charge in [0.25, 0.3) is 4.97 Å². The first-order valence-corrected chi connectivity index (χ1v) is 8.26. The highest BCUT2D eigenvalue weighted by atomic mass is 35.9. The van der Waals surface area contributed by atoms with Gasteiger partial charge in [0.1, 0.15) is 0 Å². The Bertz CT molecular complexity index is 448. The summed E-state index contributed by atoms with van der Waals surface area (Å²) in [6.45, 7) is 1.73. The third-order valence-electron chi connectivity index (χ3n) is 1.52. The molecule has 0 radical (unpaired) electrons. The lowest BCUT2D eigenvalue weighted by Crippen LogP contribution is -1.93. The minimum atomic E-state index is -3.00. The molecule has 0 atom stereocenters. The van der Waals surface area contributed by atoms with Crippen molar-refractivity contribution in [2.45, 2.75) is 6.92 Å². The smallest absolute Gasteiger partial charge is 0.311 e. The quantitative estimate of drug-likeness (QED) is 0.479. The molecule has 0 aliphatic carbocycles. The van der Waals surface area contributed by atoms with E-state index in [2.05, 4.69) is 11.8 Å². The summed E-state index contributed by atoms with van der Waals surface area (Å²) >= 11 is 15.7. The van der Waals surface area contributed by atoms with Crippen LogP contribution in [0.25, 0.3) is 0 Å². The Morgan fingerprint density at radius 3 is 2.60 bits per heavy atom. The monoisotopic (exact) mass is 285 g/mol. The van der Waals surface area contributed by atoms with Crippen LogP contribution in [-0.2, 0) is 11.8 Å². The van der Waals surface area contributed by atoms with Gasteiger partial charge in [-0.2, -0.15) is 0 Å². The fraction of sp³-hybridized carbons (Fsp3) is 0.143. The van der Waals surface area contributed by atoms with Crippen molar-refractivity contribution >= 4 is 44.9 Å². The highest BCUT2D eigenvalue weighted by Crippen LogP contribution is 2.58. The fourth-order valence-corrected chi connectivity index (χ4v) is 2.03. The molecule has 15 heavy (non-hydrogen) atoms. The van der Waals surface area contributed by atoms with E-state index < -0.39 is 9.89 Å². The van der Waals surface area contributed by atoms with E-state index in [0.29, 0.717) is 0 Å². The van der Waals surface area contributed by atoms with E-state index >= 15 is 0 Å². The number of nitrogens with zero attached hydrogens (tertiary/aromatic N) is 1. The molecule has 0 N–H and O–H groups in total. The summed E-state index contributed by atoms with van der Waals surface area (Å²) in [5.41, 5.74) is 0.553. The fourth-order valence-electron chi connectivity index (χ4n) is 0.962. The van der Waals surface area contributed by atoms with Gasteiger partial charge in [-0.15, -0.1) is 0 Å². The summed E-state index contributed by atoms with van der Waals surface area (Å²) in [6, 6.07) is 4.45. The molecular weight excluding hydrogens is 280 g/mol. The normalized spacial score (nSPS) is 11.1. The molecule has 0 aliphatic rings. The number of rotatable bonds is 3. The van der Waals surface area contributed by atoms with Crippen molar-refractivity contribution in [1.29, 1.82) is 0 Å². The van der Waals surface area contributed by atoms with Crippen LogP contribution >= 0.6 is 27.5 Å². The molecule has 0 saturated heterocycles. The predicted octanol–water partition coefficient (Wildman–Crippen LogP) is 3.98. The Hall–Kier alpha value is -0.350. The molecule has 0 saturated carbocycles. The van der Waals surface area contributed by atoms with Crippen molar-refractivity contribution < 1.29 is 9.45 Å². The SMILES string of the molecule is Cc1ccc(OP(=S)(Cl)Cl)c([N+](=O)[O-])c1. The van der Waals surface area contributed by atoms with Crippen molar-refractivity contribution in [2.75, 3.05) is 0 Å². The van der Waals surface area contributed by atoms with Crippen LogP contribution in [0.1, 0.15) is 5.56 Å². The van der Waals surface area contributed by atoms with E-state index in [1.165, 1.54) is 12.1 Å². The molecule has 82 valence electrons. The Morgan fingerprint density at radius 2 is 2.13 bits per heavy atom. The molecule has 0 spiro atoms. The Morgan fingerprint density at radius 1 is 1.53 bits per heavy atom. The molecule has 0 unspecified atom stereocenters. The van der Waals surface area contributed by atoms with E-state index in [1.54, 1.807) is 13.0 Å². The molecule has 0 fully saturated rings. The van der Waals surface area contributed by atoms with Crippen molar-refractivity contribution in [3.63, 3.8) is 0 Å². The van der Waals surface area contributed by atoms with Gasteiger partial charge in [-0.05, 0) is 52.8 Å². The topological polar surface area (TPSA) is 52.4 Å². The van der Waals surface area contributed by atoms with Crippen molar-refractivity contribution in [2.24, 2.45) is 0 Å². The third-order valence-corrected chi connectivity index (χ3v) is 2.56. The number of nitro benzene ring substituents is 1. The largest absolute Gasteiger partial charge is 0.434 e. The average Bonchev–Trinajstić information content (AvgIpc) is 2.05. The number of hydrogen-bond acceptors (Lipinski definition) is 4. The van der Waals surface area contributed by atoms with Gasteiger partial charge in [-0.3, -0.25) is 10.1 Å². The molecule has 0 bridgehead atoms. The highest BCUT2D eigenvalue weighted by Gasteiger charge is 2.20. The first kappa shape index (κ1) is 12.7. The highest BCUT2D eigenvalue weighted by molar-refractivity contribution is 8.36. The molecule has 0 heterocycles. The maximum atomic E-state index is 10.7. The zero-order valence-corrected chi connectivity index (χ0v) is 10.7. The number of hydrogen-bond donors (Lipinski definition) is 0. The molecular formula is C7H6Cl2NO3PS.